The SMILES string of the molecule is NCCCCNCCC(=O)NCCCCNCCC(=O)NCCCCNCCC(=O)NCCCCCNC(=O)[C@H](CC(N)=O)NC(=O)Cc1c[nH]c2cccc(O)c12. The predicted octanol–water partition coefficient (Wildman–Crippen LogP) is -0.350. The first-order valence-electron chi connectivity index (χ1n) is 20.9. The molecule has 6 amide bonds. The minimum atomic E-state index is -1.12. The maximum absolute atomic E-state index is 12.7. The summed E-state index contributed by atoms with van der Waals surface area (Å²) in [6, 6.07) is 3.85. The van der Waals surface area contributed by atoms with Crippen molar-refractivity contribution in [3.63, 3.8) is 0 Å². The summed E-state index contributed by atoms with van der Waals surface area (Å²) in [6.07, 6.45) is 10.1. The summed E-state index contributed by atoms with van der Waals surface area (Å²) in [5.74, 6) is -1.67. The zero-order chi connectivity index (χ0) is 42.2. The summed E-state index contributed by atoms with van der Waals surface area (Å²) in [6.45, 7) is 7.09. The zero-order valence-corrected chi connectivity index (χ0v) is 34.1. The first-order valence-corrected chi connectivity index (χ1v) is 20.9. The molecule has 1 atom stereocenters. The number of aromatic nitrogens is 1. The lowest BCUT2D eigenvalue weighted by molar-refractivity contribution is -0.131. The van der Waals surface area contributed by atoms with Crippen molar-refractivity contribution in [2.45, 2.75) is 95.9 Å². The molecule has 0 aliphatic heterocycles. The molecular formula is C40H69N11O7. The number of phenols is 1. The third kappa shape index (κ3) is 23.5. The van der Waals surface area contributed by atoms with Gasteiger partial charge in [-0.1, -0.05) is 6.07 Å². The van der Waals surface area contributed by atoms with Gasteiger partial charge < -0.3 is 64.1 Å². The van der Waals surface area contributed by atoms with Crippen molar-refractivity contribution in [1.82, 2.24) is 47.5 Å². The number of aromatic hydroxyl groups is 1. The lowest BCUT2D eigenvalue weighted by Crippen LogP contribution is -2.49. The van der Waals surface area contributed by atoms with Crippen molar-refractivity contribution in [2.75, 3.05) is 72.0 Å². The van der Waals surface area contributed by atoms with Gasteiger partial charge in [0.25, 0.3) is 0 Å². The second-order valence-corrected chi connectivity index (χ2v) is 14.3. The maximum Gasteiger partial charge on any atom is 0.243 e. The number of benzene rings is 1. The summed E-state index contributed by atoms with van der Waals surface area (Å²) in [4.78, 5) is 76.1. The van der Waals surface area contributed by atoms with Crippen LogP contribution < -0.4 is 54.0 Å². The van der Waals surface area contributed by atoms with Gasteiger partial charge in [0.15, 0.2) is 0 Å². The molecule has 0 fully saturated rings. The van der Waals surface area contributed by atoms with Gasteiger partial charge in [0.05, 0.1) is 12.8 Å². The summed E-state index contributed by atoms with van der Waals surface area (Å²) >= 11 is 0. The highest BCUT2D eigenvalue weighted by atomic mass is 16.3. The average molecular weight is 816 g/mol. The Morgan fingerprint density at radius 1 is 0.603 bits per heavy atom. The van der Waals surface area contributed by atoms with Crippen LogP contribution in [0.4, 0.5) is 0 Å². The van der Waals surface area contributed by atoms with Crippen molar-refractivity contribution in [1.29, 1.82) is 0 Å². The van der Waals surface area contributed by atoms with Crippen molar-refractivity contribution >= 4 is 46.3 Å². The zero-order valence-electron chi connectivity index (χ0n) is 34.1. The maximum atomic E-state index is 12.7. The topological polar surface area (TPSA) is 287 Å². The number of carbonyl (C=O) groups is 6. The number of unbranched alkanes of at least 4 members (excludes halogenated alkanes) is 5. The smallest absolute Gasteiger partial charge is 0.243 e. The Hall–Kier alpha value is -4.78. The fourth-order valence-corrected chi connectivity index (χ4v) is 6.04. The lowest BCUT2D eigenvalue weighted by Gasteiger charge is -2.17. The first-order chi connectivity index (χ1) is 28.1. The van der Waals surface area contributed by atoms with Gasteiger partial charge in [-0.15, -0.1) is 0 Å². The third-order valence-corrected chi connectivity index (χ3v) is 9.25. The number of hydrogen-bond acceptors (Lipinski definition) is 11. The normalized spacial score (nSPS) is 11.5. The highest BCUT2D eigenvalue weighted by Crippen LogP contribution is 2.27. The van der Waals surface area contributed by atoms with Crippen LogP contribution in [0.25, 0.3) is 10.9 Å². The van der Waals surface area contributed by atoms with Gasteiger partial charge in [-0.05, 0) is 102 Å². The van der Waals surface area contributed by atoms with Gasteiger partial charge in [-0.25, -0.2) is 0 Å². The molecule has 0 spiro atoms. The molecule has 0 aliphatic carbocycles. The average Bonchev–Trinajstić information content (AvgIpc) is 3.60. The van der Waals surface area contributed by atoms with Gasteiger partial charge in [0.1, 0.15) is 11.8 Å². The molecule has 58 heavy (non-hydrogen) atoms. The molecular weight excluding hydrogens is 747 g/mol. The van der Waals surface area contributed by atoms with Crippen molar-refractivity contribution < 1.29 is 33.9 Å². The van der Waals surface area contributed by atoms with E-state index in [1.54, 1.807) is 18.3 Å². The molecule has 2 aromatic rings. The molecule has 0 saturated heterocycles. The van der Waals surface area contributed by atoms with Crippen LogP contribution in [-0.4, -0.2) is 124 Å². The molecule has 326 valence electrons. The molecule has 1 aromatic heterocycles. The number of phenolic OH excluding ortho intramolecular Hbond substituents is 1. The van der Waals surface area contributed by atoms with Crippen LogP contribution in [0.3, 0.4) is 0 Å². The van der Waals surface area contributed by atoms with Crippen LogP contribution in [0.15, 0.2) is 24.4 Å². The van der Waals surface area contributed by atoms with Crippen LogP contribution in [0.2, 0.25) is 0 Å². The number of carbonyl (C=O) groups excluding carboxylic acids is 6. The number of hydrogen-bond donors (Lipinski definition) is 12. The number of amides is 6. The van der Waals surface area contributed by atoms with Crippen LogP contribution in [0.1, 0.15) is 89.0 Å². The Morgan fingerprint density at radius 2 is 1.09 bits per heavy atom. The summed E-state index contributed by atoms with van der Waals surface area (Å²) < 4.78 is 0. The van der Waals surface area contributed by atoms with Crippen molar-refractivity contribution in [3.05, 3.63) is 30.0 Å². The Bertz CT molecular complexity index is 1520. The number of aromatic amines is 1. The minimum absolute atomic E-state index is 0.0159. The Kier molecular flexibility index (Phi) is 26.6. The van der Waals surface area contributed by atoms with Crippen LogP contribution in [0.5, 0.6) is 5.75 Å². The van der Waals surface area contributed by atoms with E-state index in [-0.39, 0.29) is 36.3 Å². The molecule has 0 unspecified atom stereocenters. The standard InChI is InChI=1S/C40H69N11O7/c41-16-2-5-17-43-24-13-36(55)47-21-8-7-19-45-26-15-37(56)48-22-9-6-18-44-25-14-35(54)46-20-3-1-4-23-49-40(58)32(28-34(42)53)51-38(57)27-30-29-50-31-11-10-12-33(52)39(30)31/h10-12,29,32,43-45,50,52H,1-9,13-28,41H2,(H2,42,53)(H,46,54)(H,47,55)(H,48,56)(H,49,58)(H,51,57)/t32-/m0/s1. The number of fused-ring (bicyclic) bond motifs is 1. The molecule has 0 radical (unpaired) electrons. The molecule has 2 rings (SSSR count). The van der Waals surface area contributed by atoms with E-state index in [9.17, 15) is 33.9 Å². The quantitative estimate of drug-likeness (QED) is 0.0400. The van der Waals surface area contributed by atoms with E-state index < -0.39 is 23.8 Å². The number of nitrogens with two attached hydrogens (primary N) is 2. The predicted molar refractivity (Wildman–Crippen MR) is 225 cm³/mol. The second kappa shape index (κ2) is 31.2. The van der Waals surface area contributed by atoms with E-state index in [2.05, 4.69) is 47.5 Å². The molecule has 0 saturated carbocycles. The number of rotatable bonds is 35. The largest absolute Gasteiger partial charge is 0.507 e. The van der Waals surface area contributed by atoms with E-state index in [1.807, 2.05) is 0 Å². The van der Waals surface area contributed by atoms with E-state index in [1.165, 1.54) is 6.07 Å². The van der Waals surface area contributed by atoms with Gasteiger partial charge in [0.2, 0.25) is 35.4 Å². The highest BCUT2D eigenvalue weighted by molar-refractivity contribution is 5.95. The molecule has 1 heterocycles. The Morgan fingerprint density at radius 3 is 1.60 bits per heavy atom. The van der Waals surface area contributed by atoms with Crippen molar-refractivity contribution in [3.8, 4) is 5.75 Å². The molecule has 0 bridgehead atoms. The van der Waals surface area contributed by atoms with E-state index in [0.717, 1.165) is 71.0 Å². The van der Waals surface area contributed by atoms with Crippen molar-refractivity contribution in [2.24, 2.45) is 11.5 Å². The van der Waals surface area contributed by atoms with Gasteiger partial charge >= 0.3 is 0 Å². The molecule has 0 aliphatic rings. The fraction of sp³-hybridized carbons (Fsp3) is 0.650. The Labute approximate surface area is 342 Å². The van der Waals surface area contributed by atoms with Crippen LogP contribution >= 0.6 is 0 Å². The van der Waals surface area contributed by atoms with E-state index in [4.69, 9.17) is 11.5 Å². The summed E-state index contributed by atoms with van der Waals surface area (Å²) in [5.41, 5.74) is 12.0. The molecule has 14 N–H and O–H groups in total. The van der Waals surface area contributed by atoms with E-state index >= 15 is 0 Å². The van der Waals surface area contributed by atoms with Gasteiger partial charge in [-0.3, -0.25) is 28.8 Å². The molecule has 18 nitrogen and oxygen atoms in total. The summed E-state index contributed by atoms with van der Waals surface area (Å²) in [7, 11) is 0. The fourth-order valence-electron chi connectivity index (χ4n) is 6.04. The Balaban J connectivity index is 1.38. The number of primary amides is 1. The summed E-state index contributed by atoms with van der Waals surface area (Å²) in [5, 5.41) is 34.5. The minimum Gasteiger partial charge on any atom is -0.507 e. The van der Waals surface area contributed by atoms with E-state index in [0.29, 0.717) is 94.5 Å². The van der Waals surface area contributed by atoms with Gasteiger partial charge in [0, 0.05) is 82.2 Å². The van der Waals surface area contributed by atoms with Crippen LogP contribution in [0, 0.1) is 0 Å². The van der Waals surface area contributed by atoms with Crippen LogP contribution in [-0.2, 0) is 35.2 Å². The van der Waals surface area contributed by atoms with Gasteiger partial charge in [-0.2, -0.15) is 0 Å². The lowest BCUT2D eigenvalue weighted by atomic mass is 10.1. The third-order valence-electron chi connectivity index (χ3n) is 9.25. The number of nitrogens with one attached hydrogen (secondary N) is 9. The molecule has 18 heteroatoms. The second-order valence-electron chi connectivity index (χ2n) is 14.3. The number of H-pyrrole nitrogens is 1. The first kappa shape index (κ1) is 49.4. The monoisotopic (exact) mass is 816 g/mol. The highest BCUT2D eigenvalue weighted by Gasteiger charge is 2.23. The molecule has 1 aromatic carbocycles.